The molecule has 4 N–H and O–H groups in total. The molecule has 2 amide bonds. The molecule has 4 rings (SSSR count). The summed E-state index contributed by atoms with van der Waals surface area (Å²) in [5.41, 5.74) is 1.82. The number of aliphatic hydroxyl groups is 1. The van der Waals surface area contributed by atoms with Gasteiger partial charge in [-0.05, 0) is 69.0 Å². The molecule has 1 aliphatic rings. The first-order valence-corrected chi connectivity index (χ1v) is 14.4. The number of ether oxygens (including phenoxy) is 1. The first kappa shape index (κ1) is 31.0. The number of hydrogen-bond donors (Lipinski definition) is 4. The molecule has 0 radical (unpaired) electrons. The average molecular weight is 577 g/mol. The van der Waals surface area contributed by atoms with E-state index in [1.807, 2.05) is 75.4 Å². The van der Waals surface area contributed by atoms with Crippen LogP contribution in [0.4, 0.5) is 15.8 Å². The highest BCUT2D eigenvalue weighted by molar-refractivity contribution is 6.00. The Kier molecular flexibility index (Phi) is 10.2. The number of benzene rings is 3. The number of hydrogen-bond acceptors (Lipinski definition) is 6. The standard InChI is InChI=1S/C33H41FN4O4/c1-5-35-24-19-26(31(34)28(20-24)38-16-10-15-30(38)40)32(41)37-27(17-22-11-7-6-8-12-22)29(39)21-36-33(2,3)23-13-9-14-25(18-23)42-4/h6-9,11-14,18-20,27,29,35-36,39H,5,10,15-17,21H2,1-4H3,(H,37,41)/t27-,29+/m0/s1. The van der Waals surface area contributed by atoms with Crippen LogP contribution in [-0.2, 0) is 16.8 Å². The summed E-state index contributed by atoms with van der Waals surface area (Å²) in [5, 5.41) is 20.8. The molecule has 1 aliphatic heterocycles. The van der Waals surface area contributed by atoms with Gasteiger partial charge in [0.15, 0.2) is 5.82 Å². The highest BCUT2D eigenvalue weighted by Crippen LogP contribution is 2.31. The number of carbonyl (C=O) groups excluding carboxylic acids is 2. The van der Waals surface area contributed by atoms with Gasteiger partial charge in [0.1, 0.15) is 5.75 Å². The Bertz CT molecular complexity index is 1380. The van der Waals surface area contributed by atoms with Crippen LogP contribution in [0.2, 0.25) is 0 Å². The maximum atomic E-state index is 15.8. The molecular weight excluding hydrogens is 535 g/mol. The first-order chi connectivity index (χ1) is 20.1. The zero-order chi connectivity index (χ0) is 30.3. The second kappa shape index (κ2) is 13.8. The van der Waals surface area contributed by atoms with Crippen LogP contribution in [0, 0.1) is 5.82 Å². The van der Waals surface area contributed by atoms with Gasteiger partial charge in [0, 0.05) is 37.3 Å². The van der Waals surface area contributed by atoms with Crippen molar-refractivity contribution in [3.63, 3.8) is 0 Å². The van der Waals surface area contributed by atoms with Crippen LogP contribution in [0.25, 0.3) is 0 Å². The molecule has 0 saturated carbocycles. The van der Waals surface area contributed by atoms with E-state index in [-0.39, 0.29) is 23.7 Å². The predicted molar refractivity (Wildman–Crippen MR) is 164 cm³/mol. The maximum absolute atomic E-state index is 15.8. The Hall–Kier alpha value is -3.95. The van der Waals surface area contributed by atoms with Crippen LogP contribution in [0.3, 0.4) is 0 Å². The van der Waals surface area contributed by atoms with Gasteiger partial charge in [0.2, 0.25) is 5.91 Å². The molecule has 1 fully saturated rings. The van der Waals surface area contributed by atoms with Crippen molar-refractivity contribution in [2.24, 2.45) is 0 Å². The lowest BCUT2D eigenvalue weighted by Gasteiger charge is -2.31. The third-order valence-electron chi connectivity index (χ3n) is 7.67. The van der Waals surface area contributed by atoms with E-state index >= 15 is 4.39 Å². The van der Waals surface area contributed by atoms with Crippen LogP contribution in [0.15, 0.2) is 66.7 Å². The Morgan fingerprint density at radius 2 is 1.88 bits per heavy atom. The Morgan fingerprint density at radius 1 is 1.12 bits per heavy atom. The van der Waals surface area contributed by atoms with E-state index < -0.39 is 29.4 Å². The van der Waals surface area contributed by atoms with Crippen molar-refractivity contribution in [1.29, 1.82) is 0 Å². The zero-order valence-corrected chi connectivity index (χ0v) is 24.7. The minimum Gasteiger partial charge on any atom is -0.497 e. The predicted octanol–water partition coefficient (Wildman–Crippen LogP) is 4.62. The van der Waals surface area contributed by atoms with Crippen molar-refractivity contribution in [3.8, 4) is 5.75 Å². The van der Waals surface area contributed by atoms with Crippen LogP contribution in [0.5, 0.6) is 5.75 Å². The van der Waals surface area contributed by atoms with Gasteiger partial charge in [-0.15, -0.1) is 0 Å². The number of halogens is 1. The fourth-order valence-corrected chi connectivity index (χ4v) is 5.19. The van der Waals surface area contributed by atoms with Gasteiger partial charge in [-0.2, -0.15) is 0 Å². The number of aliphatic hydroxyl groups excluding tert-OH is 1. The number of rotatable bonds is 13. The van der Waals surface area contributed by atoms with Crippen LogP contribution in [-0.4, -0.2) is 55.8 Å². The normalized spacial score (nSPS) is 14.9. The Balaban J connectivity index is 1.58. The molecule has 0 aliphatic carbocycles. The Labute approximate surface area is 247 Å². The van der Waals surface area contributed by atoms with E-state index in [9.17, 15) is 14.7 Å². The molecule has 0 bridgehead atoms. The molecule has 3 aromatic rings. The third kappa shape index (κ3) is 7.46. The van der Waals surface area contributed by atoms with Crippen LogP contribution >= 0.6 is 0 Å². The number of nitrogens with zero attached hydrogens (tertiary/aromatic N) is 1. The molecule has 8 nitrogen and oxygen atoms in total. The summed E-state index contributed by atoms with van der Waals surface area (Å²) in [5.74, 6) is -0.855. The SMILES string of the molecule is CCNc1cc(C(=O)N[C@@H](Cc2ccccc2)[C@H](O)CNC(C)(C)c2cccc(OC)c2)c(F)c(N2CCCC2=O)c1. The van der Waals surface area contributed by atoms with Crippen molar-refractivity contribution >= 4 is 23.2 Å². The molecule has 3 aromatic carbocycles. The number of methoxy groups -OCH3 is 1. The highest BCUT2D eigenvalue weighted by Gasteiger charge is 2.30. The van der Waals surface area contributed by atoms with Crippen molar-refractivity contribution < 1.29 is 23.8 Å². The van der Waals surface area contributed by atoms with E-state index in [0.717, 1.165) is 16.9 Å². The van der Waals surface area contributed by atoms with E-state index in [1.165, 1.54) is 11.0 Å². The summed E-state index contributed by atoms with van der Waals surface area (Å²) in [6.07, 6.45) is 0.312. The van der Waals surface area contributed by atoms with E-state index in [4.69, 9.17) is 4.74 Å². The number of carbonyl (C=O) groups is 2. The highest BCUT2D eigenvalue weighted by atomic mass is 19.1. The summed E-state index contributed by atoms with van der Waals surface area (Å²) in [7, 11) is 1.61. The van der Waals surface area contributed by atoms with Gasteiger partial charge in [0.05, 0.1) is 30.5 Å². The molecule has 0 spiro atoms. The Morgan fingerprint density at radius 3 is 2.55 bits per heavy atom. The lowest BCUT2D eigenvalue weighted by atomic mass is 9.93. The van der Waals surface area contributed by atoms with E-state index in [1.54, 1.807) is 13.2 Å². The van der Waals surface area contributed by atoms with Crippen LogP contribution < -0.4 is 25.6 Å². The van der Waals surface area contributed by atoms with E-state index in [2.05, 4.69) is 16.0 Å². The third-order valence-corrected chi connectivity index (χ3v) is 7.67. The van der Waals surface area contributed by atoms with E-state index in [0.29, 0.717) is 38.0 Å². The summed E-state index contributed by atoms with van der Waals surface area (Å²) in [4.78, 5) is 27.5. The van der Waals surface area contributed by atoms with Gasteiger partial charge in [0.25, 0.3) is 5.91 Å². The lowest BCUT2D eigenvalue weighted by Crippen LogP contribution is -2.51. The smallest absolute Gasteiger partial charge is 0.254 e. The number of nitrogens with one attached hydrogen (secondary N) is 3. The molecule has 2 atom stereocenters. The van der Waals surface area contributed by atoms with Crippen LogP contribution in [0.1, 0.15) is 55.1 Å². The second-order valence-corrected chi connectivity index (χ2v) is 11.1. The molecular formula is C33H41FN4O4. The molecule has 224 valence electrons. The van der Waals surface area contributed by atoms with Gasteiger partial charge in [-0.25, -0.2) is 4.39 Å². The summed E-state index contributed by atoms with van der Waals surface area (Å²) in [6, 6.07) is 19.5. The molecule has 9 heteroatoms. The minimum atomic E-state index is -1.00. The molecule has 1 saturated heterocycles. The average Bonchev–Trinajstić information content (AvgIpc) is 3.42. The second-order valence-electron chi connectivity index (χ2n) is 11.1. The topological polar surface area (TPSA) is 103 Å². The minimum absolute atomic E-state index is 0.0861. The van der Waals surface area contributed by atoms with Crippen molar-refractivity contribution in [2.45, 2.75) is 57.7 Å². The first-order valence-electron chi connectivity index (χ1n) is 14.4. The lowest BCUT2D eigenvalue weighted by molar-refractivity contribution is -0.117. The molecule has 0 aromatic heterocycles. The van der Waals surface area contributed by atoms with Crippen molar-refractivity contribution in [3.05, 3.63) is 89.2 Å². The maximum Gasteiger partial charge on any atom is 0.254 e. The van der Waals surface area contributed by atoms with Gasteiger partial charge in [-0.1, -0.05) is 42.5 Å². The molecule has 0 unspecified atom stereocenters. The largest absolute Gasteiger partial charge is 0.497 e. The fourth-order valence-electron chi connectivity index (χ4n) is 5.19. The van der Waals surface area contributed by atoms with Crippen molar-refractivity contribution in [1.82, 2.24) is 10.6 Å². The number of amides is 2. The monoisotopic (exact) mass is 576 g/mol. The molecule has 1 heterocycles. The number of anilines is 2. The zero-order valence-electron chi connectivity index (χ0n) is 24.7. The summed E-state index contributed by atoms with van der Waals surface area (Å²) in [6.45, 7) is 7.02. The quantitative estimate of drug-likeness (QED) is 0.237. The van der Waals surface area contributed by atoms with Crippen molar-refractivity contribution in [2.75, 3.05) is 37.0 Å². The van der Waals surface area contributed by atoms with Gasteiger partial charge >= 0.3 is 0 Å². The van der Waals surface area contributed by atoms with Gasteiger partial charge in [-0.3, -0.25) is 9.59 Å². The van der Waals surface area contributed by atoms with Gasteiger partial charge < -0.3 is 30.7 Å². The summed E-state index contributed by atoms with van der Waals surface area (Å²) < 4.78 is 21.2. The molecule has 42 heavy (non-hydrogen) atoms. The fraction of sp³-hybridized carbons (Fsp3) is 0.394. The summed E-state index contributed by atoms with van der Waals surface area (Å²) >= 11 is 0.